The van der Waals surface area contributed by atoms with Gasteiger partial charge in [-0.05, 0) is 39.5 Å². The monoisotopic (exact) mass is 291 g/mol. The minimum absolute atomic E-state index is 0.140. The molecular formula is C15H21N3O3. The van der Waals surface area contributed by atoms with Crippen molar-refractivity contribution in [2.75, 3.05) is 13.1 Å². The average molecular weight is 291 g/mol. The number of aromatic amines is 1. The fourth-order valence-corrected chi connectivity index (χ4v) is 2.76. The molecule has 1 saturated heterocycles. The van der Waals surface area contributed by atoms with Gasteiger partial charge < -0.3 is 15.0 Å². The van der Waals surface area contributed by atoms with Crippen LogP contribution in [0.4, 0.5) is 0 Å². The second-order valence-corrected chi connectivity index (χ2v) is 6.47. The molecule has 1 amide bonds. The fraction of sp³-hybridized carbons (Fsp3) is 0.667. The predicted molar refractivity (Wildman–Crippen MR) is 77.3 cm³/mol. The number of aliphatic hydroxyl groups is 1. The largest absolute Gasteiger partial charge is 0.390 e. The highest BCUT2D eigenvalue weighted by molar-refractivity contribution is 5.94. The number of nitrogens with zero attached hydrogens (tertiary/aromatic N) is 2. The Morgan fingerprint density at radius 3 is 2.52 bits per heavy atom. The summed E-state index contributed by atoms with van der Waals surface area (Å²) in [5.41, 5.74) is -0.414. The molecule has 0 atom stereocenters. The SMILES string of the molecule is Cc1nc(C2CC2)[nH]c(=O)c1C(=O)N1CCC(C)(O)CC1. The number of hydrogen-bond donors (Lipinski definition) is 2. The van der Waals surface area contributed by atoms with E-state index < -0.39 is 5.60 Å². The number of carbonyl (C=O) groups is 1. The lowest BCUT2D eigenvalue weighted by Gasteiger charge is -2.35. The van der Waals surface area contributed by atoms with Gasteiger partial charge in [0.2, 0.25) is 0 Å². The van der Waals surface area contributed by atoms with Crippen LogP contribution in [0.1, 0.15) is 60.4 Å². The second-order valence-electron chi connectivity index (χ2n) is 6.47. The van der Waals surface area contributed by atoms with E-state index >= 15 is 0 Å². The van der Waals surface area contributed by atoms with Crippen LogP contribution in [-0.4, -0.2) is 44.6 Å². The Balaban J connectivity index is 1.83. The number of nitrogens with one attached hydrogen (secondary N) is 1. The van der Waals surface area contributed by atoms with Gasteiger partial charge in [0, 0.05) is 19.0 Å². The Kier molecular flexibility index (Phi) is 3.36. The van der Waals surface area contributed by atoms with Crippen LogP contribution in [0.2, 0.25) is 0 Å². The Morgan fingerprint density at radius 1 is 1.38 bits per heavy atom. The molecule has 3 rings (SSSR count). The van der Waals surface area contributed by atoms with Crippen LogP contribution in [0.3, 0.4) is 0 Å². The summed E-state index contributed by atoms with van der Waals surface area (Å²) >= 11 is 0. The molecular weight excluding hydrogens is 270 g/mol. The van der Waals surface area contributed by atoms with Crippen molar-refractivity contribution in [2.24, 2.45) is 0 Å². The van der Waals surface area contributed by atoms with Crippen molar-refractivity contribution in [3.8, 4) is 0 Å². The normalized spacial score (nSPS) is 21.4. The lowest BCUT2D eigenvalue weighted by atomic mass is 9.93. The maximum Gasteiger partial charge on any atom is 0.264 e. The summed E-state index contributed by atoms with van der Waals surface area (Å²) in [6, 6.07) is 0. The Hall–Kier alpha value is -1.69. The van der Waals surface area contributed by atoms with E-state index in [4.69, 9.17) is 0 Å². The van der Waals surface area contributed by atoms with Crippen LogP contribution in [0.5, 0.6) is 0 Å². The van der Waals surface area contributed by atoms with Gasteiger partial charge in [0.1, 0.15) is 11.4 Å². The fourth-order valence-electron chi connectivity index (χ4n) is 2.76. The Bertz CT molecular complexity index is 622. The van der Waals surface area contributed by atoms with Crippen molar-refractivity contribution in [2.45, 2.75) is 51.0 Å². The summed E-state index contributed by atoms with van der Waals surface area (Å²) in [5, 5.41) is 9.94. The minimum atomic E-state index is -0.716. The summed E-state index contributed by atoms with van der Waals surface area (Å²) in [6.07, 6.45) is 3.17. The number of aryl methyl sites for hydroxylation is 1. The highest BCUT2D eigenvalue weighted by atomic mass is 16.3. The zero-order valence-corrected chi connectivity index (χ0v) is 12.5. The smallest absolute Gasteiger partial charge is 0.264 e. The molecule has 0 aromatic carbocycles. The number of hydrogen-bond acceptors (Lipinski definition) is 4. The third-order valence-electron chi connectivity index (χ3n) is 4.42. The molecule has 2 fully saturated rings. The van der Waals surface area contributed by atoms with Gasteiger partial charge in [0.05, 0.1) is 11.3 Å². The second kappa shape index (κ2) is 4.94. The number of likely N-dealkylation sites (tertiary alicyclic amines) is 1. The van der Waals surface area contributed by atoms with E-state index in [0.29, 0.717) is 43.4 Å². The average Bonchev–Trinajstić information content (AvgIpc) is 3.21. The molecule has 2 aliphatic rings. The number of piperidine rings is 1. The van der Waals surface area contributed by atoms with Crippen LogP contribution in [-0.2, 0) is 0 Å². The van der Waals surface area contributed by atoms with Crippen molar-refractivity contribution in [1.29, 1.82) is 0 Å². The summed E-state index contributed by atoms with van der Waals surface area (Å²) in [5.74, 6) is 0.778. The summed E-state index contributed by atoms with van der Waals surface area (Å²) in [7, 11) is 0. The molecule has 1 aliphatic carbocycles. The van der Waals surface area contributed by atoms with E-state index in [1.807, 2.05) is 0 Å². The topological polar surface area (TPSA) is 86.3 Å². The van der Waals surface area contributed by atoms with E-state index in [1.165, 1.54) is 0 Å². The maximum absolute atomic E-state index is 12.5. The maximum atomic E-state index is 12.5. The molecule has 0 spiro atoms. The number of aromatic nitrogens is 2. The molecule has 2 heterocycles. The van der Waals surface area contributed by atoms with Crippen molar-refractivity contribution >= 4 is 5.91 Å². The van der Waals surface area contributed by atoms with Gasteiger partial charge in [-0.1, -0.05) is 0 Å². The van der Waals surface area contributed by atoms with Gasteiger partial charge in [0.25, 0.3) is 11.5 Å². The van der Waals surface area contributed by atoms with Gasteiger partial charge in [-0.2, -0.15) is 0 Å². The third kappa shape index (κ3) is 2.85. The standard InChI is InChI=1S/C15H21N3O3/c1-9-11(13(19)17-12(16-9)10-3-4-10)14(20)18-7-5-15(2,21)6-8-18/h10,21H,3-8H2,1-2H3,(H,16,17,19). The van der Waals surface area contributed by atoms with Crippen LogP contribution >= 0.6 is 0 Å². The quantitative estimate of drug-likeness (QED) is 0.849. The molecule has 1 saturated carbocycles. The van der Waals surface area contributed by atoms with Gasteiger partial charge in [-0.15, -0.1) is 0 Å². The molecule has 2 N–H and O–H groups in total. The van der Waals surface area contributed by atoms with Crippen molar-refractivity contribution in [1.82, 2.24) is 14.9 Å². The number of carbonyl (C=O) groups excluding carboxylic acids is 1. The third-order valence-corrected chi connectivity index (χ3v) is 4.42. The highest BCUT2D eigenvalue weighted by Gasteiger charge is 2.33. The van der Waals surface area contributed by atoms with Crippen molar-refractivity contribution in [3.63, 3.8) is 0 Å². The molecule has 1 aromatic heterocycles. The van der Waals surface area contributed by atoms with Crippen molar-refractivity contribution < 1.29 is 9.90 Å². The molecule has 6 nitrogen and oxygen atoms in total. The molecule has 114 valence electrons. The summed E-state index contributed by atoms with van der Waals surface area (Å²) in [4.78, 5) is 33.5. The Labute approximate surface area is 123 Å². The first-order chi connectivity index (χ1) is 9.87. The van der Waals surface area contributed by atoms with Crippen LogP contribution in [0, 0.1) is 6.92 Å². The molecule has 1 aromatic rings. The molecule has 6 heteroatoms. The molecule has 0 radical (unpaired) electrons. The highest BCUT2D eigenvalue weighted by Crippen LogP contribution is 2.37. The molecule has 0 bridgehead atoms. The van der Waals surface area contributed by atoms with Gasteiger partial charge in [0.15, 0.2) is 0 Å². The van der Waals surface area contributed by atoms with E-state index in [9.17, 15) is 14.7 Å². The first-order valence-corrected chi connectivity index (χ1v) is 7.50. The van der Waals surface area contributed by atoms with Crippen LogP contribution < -0.4 is 5.56 Å². The number of rotatable bonds is 2. The molecule has 1 aliphatic heterocycles. The van der Waals surface area contributed by atoms with Gasteiger partial charge in [-0.3, -0.25) is 9.59 Å². The van der Waals surface area contributed by atoms with Gasteiger partial charge >= 0.3 is 0 Å². The number of amides is 1. The lowest BCUT2D eigenvalue weighted by Crippen LogP contribution is -2.46. The summed E-state index contributed by atoms with van der Waals surface area (Å²) in [6.45, 7) is 4.43. The van der Waals surface area contributed by atoms with Crippen LogP contribution in [0.25, 0.3) is 0 Å². The van der Waals surface area contributed by atoms with E-state index in [-0.39, 0.29) is 17.0 Å². The van der Waals surface area contributed by atoms with Gasteiger partial charge in [-0.25, -0.2) is 4.98 Å². The van der Waals surface area contributed by atoms with E-state index in [0.717, 1.165) is 12.8 Å². The molecule has 21 heavy (non-hydrogen) atoms. The summed E-state index contributed by atoms with van der Waals surface area (Å²) < 4.78 is 0. The van der Waals surface area contributed by atoms with Crippen molar-refractivity contribution in [3.05, 3.63) is 27.4 Å². The Morgan fingerprint density at radius 2 is 2.00 bits per heavy atom. The van der Waals surface area contributed by atoms with Crippen LogP contribution in [0.15, 0.2) is 4.79 Å². The predicted octanol–water partition coefficient (Wildman–Crippen LogP) is 0.943. The lowest BCUT2D eigenvalue weighted by molar-refractivity contribution is -0.00210. The number of H-pyrrole nitrogens is 1. The van der Waals surface area contributed by atoms with E-state index in [2.05, 4.69) is 9.97 Å². The van der Waals surface area contributed by atoms with E-state index in [1.54, 1.807) is 18.7 Å². The molecule has 0 unspecified atom stereocenters. The zero-order valence-electron chi connectivity index (χ0n) is 12.5. The minimum Gasteiger partial charge on any atom is -0.390 e. The first kappa shape index (κ1) is 14.3. The first-order valence-electron chi connectivity index (χ1n) is 7.50. The zero-order chi connectivity index (χ0) is 15.2.